The number of amides is 1. The van der Waals surface area contributed by atoms with Gasteiger partial charge >= 0.3 is 5.97 Å². The lowest BCUT2D eigenvalue weighted by Gasteiger charge is -2.15. The molecule has 3 N–H and O–H groups in total. The quantitative estimate of drug-likeness (QED) is 0.733. The number of methoxy groups -OCH3 is 1. The van der Waals surface area contributed by atoms with E-state index in [4.69, 9.17) is 5.73 Å². The van der Waals surface area contributed by atoms with Crippen molar-refractivity contribution in [2.75, 3.05) is 7.11 Å². The van der Waals surface area contributed by atoms with E-state index >= 15 is 0 Å². The van der Waals surface area contributed by atoms with E-state index in [9.17, 15) is 9.59 Å². The second-order valence-corrected chi connectivity index (χ2v) is 3.95. The van der Waals surface area contributed by atoms with Gasteiger partial charge in [-0.3, -0.25) is 9.59 Å². The Bertz CT molecular complexity index is 398. The average Bonchev–Trinajstić information content (AvgIpc) is 2.39. The van der Waals surface area contributed by atoms with Crippen molar-refractivity contribution in [2.45, 2.75) is 25.4 Å². The van der Waals surface area contributed by atoms with Gasteiger partial charge in [0.05, 0.1) is 7.11 Å². The van der Waals surface area contributed by atoms with Gasteiger partial charge in [-0.05, 0) is 12.0 Å². The molecule has 6 heteroatoms. The number of hydrogen-bond donors (Lipinski definition) is 2. The third-order valence-corrected chi connectivity index (χ3v) is 2.56. The van der Waals surface area contributed by atoms with E-state index in [1.54, 1.807) is 0 Å². The van der Waals surface area contributed by atoms with Crippen LogP contribution in [0.5, 0.6) is 0 Å². The van der Waals surface area contributed by atoms with Gasteiger partial charge < -0.3 is 15.8 Å². The number of primary amides is 1. The van der Waals surface area contributed by atoms with Crippen LogP contribution in [0.25, 0.3) is 0 Å². The predicted octanol–water partition coefficient (Wildman–Crippen LogP) is 1.01. The number of nitrogens with one attached hydrogen (secondary N) is 1. The highest BCUT2D eigenvalue weighted by Crippen LogP contribution is 2.03. The van der Waals surface area contributed by atoms with Gasteiger partial charge in [-0.1, -0.05) is 30.3 Å². The van der Waals surface area contributed by atoms with E-state index in [0.29, 0.717) is 13.0 Å². The van der Waals surface area contributed by atoms with Crippen LogP contribution in [0.4, 0.5) is 0 Å². The van der Waals surface area contributed by atoms with Gasteiger partial charge in [-0.15, -0.1) is 12.4 Å². The first kappa shape index (κ1) is 17.4. The van der Waals surface area contributed by atoms with Gasteiger partial charge in [0.15, 0.2) is 0 Å². The largest absolute Gasteiger partial charge is 0.468 e. The third-order valence-electron chi connectivity index (χ3n) is 2.56. The van der Waals surface area contributed by atoms with E-state index < -0.39 is 11.9 Å². The Balaban J connectivity index is 0.00000324. The number of carbonyl (C=O) groups is 2. The molecule has 0 aromatic heterocycles. The normalized spacial score (nSPS) is 11.2. The maximum absolute atomic E-state index is 11.5. The number of carbonyl (C=O) groups excluding carboxylic acids is 2. The van der Waals surface area contributed by atoms with E-state index in [1.165, 1.54) is 7.11 Å². The zero-order chi connectivity index (χ0) is 13.4. The zero-order valence-corrected chi connectivity index (χ0v) is 11.6. The Morgan fingerprint density at radius 2 is 1.95 bits per heavy atom. The minimum absolute atomic E-state index is 0. The number of halogens is 1. The Labute approximate surface area is 118 Å². The molecule has 1 amide bonds. The van der Waals surface area contributed by atoms with E-state index in [0.717, 1.165) is 5.56 Å². The van der Waals surface area contributed by atoms with E-state index in [2.05, 4.69) is 10.1 Å². The first-order valence-corrected chi connectivity index (χ1v) is 5.77. The summed E-state index contributed by atoms with van der Waals surface area (Å²) >= 11 is 0. The van der Waals surface area contributed by atoms with Gasteiger partial charge in [0.1, 0.15) is 6.04 Å². The fourth-order valence-corrected chi connectivity index (χ4v) is 1.57. The second kappa shape index (κ2) is 9.35. The topological polar surface area (TPSA) is 81.4 Å². The molecule has 0 saturated carbocycles. The molecular formula is C13H19ClN2O3. The maximum Gasteiger partial charge on any atom is 0.322 e. The van der Waals surface area contributed by atoms with Gasteiger partial charge in [0, 0.05) is 13.0 Å². The summed E-state index contributed by atoms with van der Waals surface area (Å²) in [5.74, 6) is -0.808. The zero-order valence-electron chi connectivity index (χ0n) is 10.8. The van der Waals surface area contributed by atoms with Crippen LogP contribution in [0.15, 0.2) is 30.3 Å². The molecular weight excluding hydrogens is 268 g/mol. The highest BCUT2D eigenvalue weighted by Gasteiger charge is 2.18. The molecule has 1 rings (SSSR count). The minimum Gasteiger partial charge on any atom is -0.468 e. The SMILES string of the molecule is COC(=O)C(CCC(N)=O)NCc1ccccc1.Cl. The molecule has 0 radical (unpaired) electrons. The van der Waals surface area contributed by atoms with Crippen molar-refractivity contribution in [3.8, 4) is 0 Å². The number of hydrogen-bond acceptors (Lipinski definition) is 4. The molecule has 0 aliphatic carbocycles. The summed E-state index contributed by atoms with van der Waals surface area (Å²) < 4.78 is 4.68. The first-order valence-electron chi connectivity index (χ1n) is 5.77. The second-order valence-electron chi connectivity index (χ2n) is 3.95. The molecule has 0 heterocycles. The standard InChI is InChI=1S/C13H18N2O3.ClH/c1-18-13(17)11(7-8-12(14)16)15-9-10-5-3-2-4-6-10;/h2-6,11,15H,7-9H2,1H3,(H2,14,16);1H. The molecule has 0 saturated heterocycles. The minimum atomic E-state index is -0.511. The molecule has 0 fully saturated rings. The molecule has 0 spiro atoms. The summed E-state index contributed by atoms with van der Waals surface area (Å²) in [6.07, 6.45) is 0.496. The smallest absolute Gasteiger partial charge is 0.322 e. The van der Waals surface area contributed by atoms with Gasteiger partial charge in [-0.2, -0.15) is 0 Å². The van der Waals surface area contributed by atoms with Crippen LogP contribution in [0, 0.1) is 0 Å². The Morgan fingerprint density at radius 3 is 2.47 bits per heavy atom. The molecule has 1 aromatic carbocycles. The number of benzene rings is 1. The molecule has 5 nitrogen and oxygen atoms in total. The fraction of sp³-hybridized carbons (Fsp3) is 0.385. The molecule has 0 bridgehead atoms. The van der Waals surface area contributed by atoms with Crippen molar-refractivity contribution in [3.05, 3.63) is 35.9 Å². The summed E-state index contributed by atoms with van der Waals surface area (Å²) in [4.78, 5) is 22.2. The van der Waals surface area contributed by atoms with Crippen molar-refractivity contribution in [1.82, 2.24) is 5.32 Å². The Morgan fingerprint density at radius 1 is 1.32 bits per heavy atom. The molecule has 0 aliphatic heterocycles. The molecule has 19 heavy (non-hydrogen) atoms. The maximum atomic E-state index is 11.5. The third kappa shape index (κ3) is 6.79. The van der Waals surface area contributed by atoms with Crippen LogP contribution in [-0.2, 0) is 20.9 Å². The molecule has 0 aliphatic rings. The Hall–Kier alpha value is -1.59. The van der Waals surface area contributed by atoms with Gasteiger partial charge in [0.2, 0.25) is 5.91 Å². The van der Waals surface area contributed by atoms with Crippen LogP contribution in [0.3, 0.4) is 0 Å². The van der Waals surface area contributed by atoms with E-state index in [1.807, 2.05) is 30.3 Å². The summed E-state index contributed by atoms with van der Waals surface area (Å²) in [5.41, 5.74) is 6.13. The molecule has 1 atom stereocenters. The highest BCUT2D eigenvalue weighted by molar-refractivity contribution is 5.85. The first-order chi connectivity index (χ1) is 8.63. The van der Waals surface area contributed by atoms with Crippen LogP contribution >= 0.6 is 12.4 Å². The van der Waals surface area contributed by atoms with E-state index in [-0.39, 0.29) is 24.8 Å². The summed E-state index contributed by atoms with van der Waals surface area (Å²) in [5, 5.41) is 3.06. The molecule has 106 valence electrons. The Kier molecular flexibility index (Phi) is 8.57. The number of ether oxygens (including phenoxy) is 1. The van der Waals surface area contributed by atoms with Gasteiger partial charge in [-0.25, -0.2) is 0 Å². The van der Waals surface area contributed by atoms with Crippen molar-refractivity contribution in [2.24, 2.45) is 5.73 Å². The van der Waals surface area contributed by atoms with Crippen LogP contribution < -0.4 is 11.1 Å². The lowest BCUT2D eigenvalue weighted by molar-refractivity contribution is -0.143. The summed E-state index contributed by atoms with van der Waals surface area (Å²) in [6, 6.07) is 9.17. The van der Waals surface area contributed by atoms with Crippen LogP contribution in [0.2, 0.25) is 0 Å². The highest BCUT2D eigenvalue weighted by atomic mass is 35.5. The van der Waals surface area contributed by atoms with Gasteiger partial charge in [0.25, 0.3) is 0 Å². The fourth-order valence-electron chi connectivity index (χ4n) is 1.57. The lowest BCUT2D eigenvalue weighted by Crippen LogP contribution is -2.38. The lowest BCUT2D eigenvalue weighted by atomic mass is 10.1. The number of nitrogens with two attached hydrogens (primary N) is 1. The monoisotopic (exact) mass is 286 g/mol. The average molecular weight is 287 g/mol. The molecule has 1 aromatic rings. The predicted molar refractivity (Wildman–Crippen MR) is 74.8 cm³/mol. The van der Waals surface area contributed by atoms with Crippen LogP contribution in [0.1, 0.15) is 18.4 Å². The summed E-state index contributed by atoms with van der Waals surface area (Å²) in [7, 11) is 1.32. The van der Waals surface area contributed by atoms with Crippen molar-refractivity contribution >= 4 is 24.3 Å². The van der Waals surface area contributed by atoms with Crippen molar-refractivity contribution in [3.63, 3.8) is 0 Å². The van der Waals surface area contributed by atoms with Crippen molar-refractivity contribution < 1.29 is 14.3 Å². The number of esters is 1. The number of rotatable bonds is 7. The van der Waals surface area contributed by atoms with Crippen molar-refractivity contribution in [1.29, 1.82) is 0 Å². The molecule has 1 unspecified atom stereocenters. The summed E-state index contributed by atoms with van der Waals surface area (Å²) in [6.45, 7) is 0.541. The van der Waals surface area contributed by atoms with Crippen LogP contribution in [-0.4, -0.2) is 25.0 Å².